The first-order chi connectivity index (χ1) is 14.0. The molecular formula is C21H21N3O6. The van der Waals surface area contributed by atoms with Crippen LogP contribution < -0.4 is 11.1 Å². The van der Waals surface area contributed by atoms with E-state index < -0.39 is 22.0 Å². The topological polar surface area (TPSA) is 128 Å². The number of aromatic hydroxyl groups is 2. The van der Waals surface area contributed by atoms with Crippen LogP contribution in [-0.4, -0.2) is 24.3 Å². The van der Waals surface area contributed by atoms with E-state index in [1.807, 2.05) is 0 Å². The molecule has 1 aromatic carbocycles. The van der Waals surface area contributed by atoms with E-state index in [-0.39, 0.29) is 33.9 Å². The van der Waals surface area contributed by atoms with Crippen molar-refractivity contribution in [2.24, 2.45) is 14.1 Å². The summed E-state index contributed by atoms with van der Waals surface area (Å²) in [5, 5.41) is 32.6. The lowest BCUT2D eigenvalue weighted by Crippen LogP contribution is -2.30. The summed E-state index contributed by atoms with van der Waals surface area (Å²) in [7, 11) is 3.02. The fourth-order valence-electron chi connectivity index (χ4n) is 3.48. The Morgan fingerprint density at radius 3 is 1.80 bits per heavy atom. The molecule has 0 aliphatic rings. The van der Waals surface area contributed by atoms with Crippen molar-refractivity contribution in [3.8, 4) is 11.5 Å². The van der Waals surface area contributed by atoms with Gasteiger partial charge in [0.05, 0.1) is 22.0 Å². The molecule has 0 saturated carbocycles. The van der Waals surface area contributed by atoms with E-state index in [0.717, 1.165) is 0 Å². The predicted octanol–water partition coefficient (Wildman–Crippen LogP) is 2.20. The van der Waals surface area contributed by atoms with Crippen LogP contribution in [0.15, 0.2) is 46.0 Å². The molecular weight excluding hydrogens is 390 g/mol. The Morgan fingerprint density at radius 1 is 0.900 bits per heavy atom. The standard InChI is InChI=1S/C21H21N3O6/c1-11-8-15(25)18(20(27)22(11)3)17(13-6-5-7-14(10-13)24(29)30)19-16(26)9-12(2)23(4)21(19)28/h5-10,17,25-26H,1-4H3. The first-order valence-corrected chi connectivity index (χ1v) is 9.08. The molecule has 30 heavy (non-hydrogen) atoms. The van der Waals surface area contributed by atoms with Gasteiger partial charge in [0.25, 0.3) is 16.8 Å². The van der Waals surface area contributed by atoms with Gasteiger partial charge in [-0.05, 0) is 31.5 Å². The minimum Gasteiger partial charge on any atom is -0.507 e. The van der Waals surface area contributed by atoms with Gasteiger partial charge in [0.1, 0.15) is 11.5 Å². The SMILES string of the molecule is Cc1cc(O)c(C(c2cccc([N+](=O)[O-])c2)c2c(O)cc(C)n(C)c2=O)c(=O)n1C. The van der Waals surface area contributed by atoms with Crippen molar-refractivity contribution in [2.45, 2.75) is 19.8 Å². The van der Waals surface area contributed by atoms with E-state index in [1.165, 1.54) is 59.6 Å². The molecule has 0 atom stereocenters. The average molecular weight is 411 g/mol. The Labute approximate surface area is 171 Å². The number of nitro groups is 1. The number of aryl methyl sites for hydroxylation is 2. The second kappa shape index (κ2) is 7.51. The average Bonchev–Trinajstić information content (AvgIpc) is 2.69. The number of nitrogens with zero attached hydrogens (tertiary/aromatic N) is 3. The third-order valence-corrected chi connectivity index (χ3v) is 5.36. The molecule has 2 aromatic heterocycles. The molecule has 2 N–H and O–H groups in total. The monoisotopic (exact) mass is 411 g/mol. The Kier molecular flexibility index (Phi) is 5.22. The Balaban J connectivity index is 2.48. The molecule has 9 heteroatoms. The van der Waals surface area contributed by atoms with E-state index in [1.54, 1.807) is 13.8 Å². The van der Waals surface area contributed by atoms with Gasteiger partial charge >= 0.3 is 0 Å². The summed E-state index contributed by atoms with van der Waals surface area (Å²) in [4.78, 5) is 36.8. The molecule has 0 aliphatic carbocycles. The summed E-state index contributed by atoms with van der Waals surface area (Å²) in [6.45, 7) is 3.27. The fraction of sp³-hybridized carbons (Fsp3) is 0.238. The maximum atomic E-state index is 13.1. The number of aromatic nitrogens is 2. The van der Waals surface area contributed by atoms with Crippen LogP contribution in [0.4, 0.5) is 5.69 Å². The van der Waals surface area contributed by atoms with E-state index in [4.69, 9.17) is 0 Å². The maximum Gasteiger partial charge on any atom is 0.269 e. The summed E-state index contributed by atoms with van der Waals surface area (Å²) < 4.78 is 2.60. The fourth-order valence-corrected chi connectivity index (χ4v) is 3.48. The highest BCUT2D eigenvalue weighted by molar-refractivity contribution is 5.53. The highest BCUT2D eigenvalue weighted by atomic mass is 16.6. The summed E-state index contributed by atoms with van der Waals surface area (Å²) >= 11 is 0. The highest BCUT2D eigenvalue weighted by Gasteiger charge is 2.31. The smallest absolute Gasteiger partial charge is 0.269 e. The van der Waals surface area contributed by atoms with Crippen LogP contribution in [0, 0.1) is 24.0 Å². The van der Waals surface area contributed by atoms with Crippen molar-refractivity contribution in [1.82, 2.24) is 9.13 Å². The van der Waals surface area contributed by atoms with Crippen molar-refractivity contribution in [1.29, 1.82) is 0 Å². The minimum atomic E-state index is -1.22. The first kappa shape index (κ1) is 20.8. The van der Waals surface area contributed by atoms with E-state index in [2.05, 4.69) is 0 Å². The van der Waals surface area contributed by atoms with Crippen LogP contribution in [0.1, 0.15) is 34.0 Å². The maximum absolute atomic E-state index is 13.1. The third kappa shape index (κ3) is 3.34. The van der Waals surface area contributed by atoms with Crippen molar-refractivity contribution in [3.63, 3.8) is 0 Å². The Morgan fingerprint density at radius 2 is 1.37 bits per heavy atom. The molecule has 0 radical (unpaired) electrons. The third-order valence-electron chi connectivity index (χ3n) is 5.36. The van der Waals surface area contributed by atoms with Gasteiger partial charge in [-0.3, -0.25) is 19.7 Å². The largest absolute Gasteiger partial charge is 0.507 e. The van der Waals surface area contributed by atoms with Crippen LogP contribution in [0.3, 0.4) is 0 Å². The molecule has 9 nitrogen and oxygen atoms in total. The molecule has 0 aliphatic heterocycles. The molecule has 0 saturated heterocycles. The van der Waals surface area contributed by atoms with Crippen LogP contribution in [0.2, 0.25) is 0 Å². The molecule has 0 bridgehead atoms. The molecule has 156 valence electrons. The van der Waals surface area contributed by atoms with Crippen molar-refractivity contribution < 1.29 is 15.1 Å². The second-order valence-electron chi connectivity index (χ2n) is 7.18. The highest BCUT2D eigenvalue weighted by Crippen LogP contribution is 2.38. The lowest BCUT2D eigenvalue weighted by molar-refractivity contribution is -0.384. The van der Waals surface area contributed by atoms with Gasteiger partial charge in [-0.15, -0.1) is 0 Å². The molecule has 2 heterocycles. The molecule has 3 aromatic rings. The van der Waals surface area contributed by atoms with Gasteiger partial charge < -0.3 is 19.3 Å². The number of non-ortho nitro benzene ring substituents is 1. The molecule has 0 fully saturated rings. The molecule has 3 rings (SSSR count). The summed E-state index contributed by atoms with van der Waals surface area (Å²) in [6.07, 6.45) is 0. The minimum absolute atomic E-state index is 0.153. The number of rotatable bonds is 4. The number of nitro benzene ring substituents is 1. The van der Waals surface area contributed by atoms with Gasteiger partial charge in [-0.2, -0.15) is 0 Å². The lowest BCUT2D eigenvalue weighted by atomic mass is 9.84. The van der Waals surface area contributed by atoms with Crippen LogP contribution in [0.25, 0.3) is 0 Å². The zero-order valence-electron chi connectivity index (χ0n) is 16.9. The van der Waals surface area contributed by atoms with Crippen LogP contribution in [-0.2, 0) is 14.1 Å². The number of pyridine rings is 2. The Hall–Kier alpha value is -3.88. The van der Waals surface area contributed by atoms with Gasteiger partial charge in [0, 0.05) is 37.6 Å². The second-order valence-corrected chi connectivity index (χ2v) is 7.18. The zero-order chi connectivity index (χ0) is 22.3. The number of hydrogen-bond acceptors (Lipinski definition) is 6. The molecule has 0 amide bonds. The Bertz CT molecular complexity index is 1220. The lowest BCUT2D eigenvalue weighted by Gasteiger charge is -2.22. The number of hydrogen-bond donors (Lipinski definition) is 2. The molecule has 0 unspecified atom stereocenters. The van der Waals surface area contributed by atoms with Gasteiger partial charge in [0.15, 0.2) is 0 Å². The van der Waals surface area contributed by atoms with E-state index in [9.17, 15) is 29.9 Å². The van der Waals surface area contributed by atoms with Crippen molar-refractivity contribution in [3.05, 3.63) is 95.3 Å². The first-order valence-electron chi connectivity index (χ1n) is 9.08. The van der Waals surface area contributed by atoms with Crippen LogP contribution in [0.5, 0.6) is 11.5 Å². The quantitative estimate of drug-likeness (QED) is 0.500. The van der Waals surface area contributed by atoms with Crippen LogP contribution >= 0.6 is 0 Å². The summed E-state index contributed by atoms with van der Waals surface area (Å²) in [5.41, 5.74) is -0.516. The van der Waals surface area contributed by atoms with Gasteiger partial charge in [-0.25, -0.2) is 0 Å². The predicted molar refractivity (Wildman–Crippen MR) is 110 cm³/mol. The van der Waals surface area contributed by atoms with E-state index >= 15 is 0 Å². The summed E-state index contributed by atoms with van der Waals surface area (Å²) in [6, 6.07) is 8.18. The number of benzene rings is 1. The van der Waals surface area contributed by atoms with Crippen molar-refractivity contribution >= 4 is 5.69 Å². The zero-order valence-corrected chi connectivity index (χ0v) is 16.9. The summed E-state index contributed by atoms with van der Waals surface area (Å²) in [5.74, 6) is -1.95. The molecule has 0 spiro atoms. The van der Waals surface area contributed by atoms with Gasteiger partial charge in [0.2, 0.25) is 0 Å². The van der Waals surface area contributed by atoms with Gasteiger partial charge in [-0.1, -0.05) is 12.1 Å². The van der Waals surface area contributed by atoms with E-state index in [0.29, 0.717) is 11.4 Å². The normalized spacial score (nSPS) is 11.1. The van der Waals surface area contributed by atoms with Crippen molar-refractivity contribution in [2.75, 3.05) is 0 Å².